The molecule has 35 heavy (non-hydrogen) atoms. The maximum atomic E-state index is 13.1. The summed E-state index contributed by atoms with van der Waals surface area (Å²) in [6, 6.07) is -0.00129. The second kappa shape index (κ2) is 12.1. The number of methoxy groups -OCH3 is 1. The Labute approximate surface area is 208 Å². The van der Waals surface area contributed by atoms with Crippen LogP contribution in [0.1, 0.15) is 32.1 Å². The number of ether oxygens (including phenoxy) is 1. The fourth-order valence-corrected chi connectivity index (χ4v) is 5.29. The van der Waals surface area contributed by atoms with Crippen LogP contribution in [0, 0.1) is 0 Å². The molecule has 4 aliphatic rings. The number of carbonyl (C=O) groups excluding carboxylic acids is 2. The van der Waals surface area contributed by atoms with E-state index in [1.165, 1.54) is 11.8 Å². The number of hydrogen-bond acceptors (Lipinski definition) is 6. The van der Waals surface area contributed by atoms with Gasteiger partial charge in [-0.05, 0) is 44.0 Å². The predicted molar refractivity (Wildman–Crippen MR) is 134 cm³/mol. The minimum absolute atomic E-state index is 0.0156. The van der Waals surface area contributed by atoms with Gasteiger partial charge < -0.3 is 24.8 Å². The van der Waals surface area contributed by atoms with Crippen LogP contribution in [0.2, 0.25) is 0 Å². The normalized spacial score (nSPS) is 26.7. The average molecular weight is 490 g/mol. The van der Waals surface area contributed by atoms with E-state index in [2.05, 4.69) is 33.1 Å². The molecule has 8 nitrogen and oxygen atoms in total. The van der Waals surface area contributed by atoms with Crippen molar-refractivity contribution in [1.82, 2.24) is 24.9 Å². The van der Waals surface area contributed by atoms with Gasteiger partial charge in [-0.25, -0.2) is 9.18 Å². The minimum Gasteiger partial charge on any atom is -0.375 e. The molecule has 2 aliphatic carbocycles. The maximum absolute atomic E-state index is 13.1. The van der Waals surface area contributed by atoms with Crippen LogP contribution in [0.25, 0.3) is 0 Å². The zero-order chi connectivity index (χ0) is 24.8. The lowest BCUT2D eigenvalue weighted by Gasteiger charge is -2.41. The predicted octanol–water partition coefficient (Wildman–Crippen LogP) is 2.16. The second-order valence-electron chi connectivity index (χ2n) is 10.0. The van der Waals surface area contributed by atoms with E-state index in [4.69, 9.17) is 4.74 Å². The fraction of sp³-hybridized carbons (Fsp3) is 0.692. The number of ketones is 1. The first-order valence-corrected chi connectivity index (χ1v) is 13.0. The molecule has 2 saturated heterocycles. The molecule has 2 heterocycles. The zero-order valence-corrected chi connectivity index (χ0v) is 21.2. The highest BCUT2D eigenvalue weighted by atomic mass is 19.1. The molecule has 1 N–H and O–H groups in total. The fourth-order valence-electron chi connectivity index (χ4n) is 5.29. The molecule has 0 aromatic rings. The van der Waals surface area contributed by atoms with Crippen LogP contribution >= 0.6 is 0 Å². The van der Waals surface area contributed by atoms with Gasteiger partial charge in [0, 0.05) is 84.6 Å². The molecule has 2 fully saturated rings. The number of likely N-dealkylation sites (N-methyl/N-ethyl adjacent to an activating group) is 1. The maximum Gasteiger partial charge on any atom is 0.317 e. The van der Waals surface area contributed by atoms with Crippen molar-refractivity contribution in [2.45, 2.75) is 44.2 Å². The highest BCUT2D eigenvalue weighted by molar-refractivity contribution is 5.96. The summed E-state index contributed by atoms with van der Waals surface area (Å²) in [6.45, 7) is 7.53. The lowest BCUT2D eigenvalue weighted by Crippen LogP contribution is -2.54. The van der Waals surface area contributed by atoms with Crippen molar-refractivity contribution in [3.8, 4) is 0 Å². The first-order chi connectivity index (χ1) is 16.9. The number of carbonyl (C=O) groups is 2. The Morgan fingerprint density at radius 1 is 1.03 bits per heavy atom. The first-order valence-electron chi connectivity index (χ1n) is 13.0. The van der Waals surface area contributed by atoms with Crippen LogP contribution < -0.4 is 5.32 Å². The molecule has 9 heteroatoms. The molecule has 0 radical (unpaired) electrons. The standard InChI is InChI=1S/C26H40FN5O3/c1-29-11-15-31(16-12-29)23-19-22(7-8-25(23)35-2)28-26(34)32-17-13-30(14-18-32)10-9-24(33)20-3-5-21(27)6-4-20/h3,5,19,22,25H,4,6-18H2,1-2H3,(H,28,34). The van der Waals surface area contributed by atoms with Crippen molar-refractivity contribution < 1.29 is 18.7 Å². The van der Waals surface area contributed by atoms with E-state index < -0.39 is 0 Å². The van der Waals surface area contributed by atoms with Gasteiger partial charge in [-0.2, -0.15) is 0 Å². The summed E-state index contributed by atoms with van der Waals surface area (Å²) >= 11 is 0. The Balaban J connectivity index is 1.22. The molecular formula is C26H40FN5O3. The summed E-state index contributed by atoms with van der Waals surface area (Å²) in [4.78, 5) is 34.2. The molecule has 194 valence electrons. The van der Waals surface area contributed by atoms with E-state index in [0.29, 0.717) is 38.9 Å². The van der Waals surface area contributed by atoms with Crippen LogP contribution in [0.3, 0.4) is 0 Å². The van der Waals surface area contributed by atoms with E-state index in [0.717, 1.165) is 57.7 Å². The van der Waals surface area contributed by atoms with Crippen molar-refractivity contribution in [3.63, 3.8) is 0 Å². The zero-order valence-electron chi connectivity index (χ0n) is 21.2. The molecule has 2 amide bonds. The molecule has 4 rings (SSSR count). The van der Waals surface area contributed by atoms with Crippen LogP contribution in [0.5, 0.6) is 0 Å². The molecule has 0 spiro atoms. The smallest absolute Gasteiger partial charge is 0.317 e. The number of halogens is 1. The number of piperazine rings is 2. The lowest BCUT2D eigenvalue weighted by molar-refractivity contribution is -0.116. The Morgan fingerprint density at radius 2 is 1.77 bits per heavy atom. The van der Waals surface area contributed by atoms with Crippen molar-refractivity contribution in [2.24, 2.45) is 0 Å². The number of hydrogen-bond donors (Lipinski definition) is 1. The quantitative estimate of drug-likeness (QED) is 0.591. The highest BCUT2D eigenvalue weighted by Crippen LogP contribution is 2.26. The number of nitrogens with one attached hydrogen (secondary N) is 1. The minimum atomic E-state index is -0.159. The lowest BCUT2D eigenvalue weighted by atomic mass is 9.96. The second-order valence-corrected chi connectivity index (χ2v) is 10.0. The summed E-state index contributed by atoms with van der Waals surface area (Å²) in [5.74, 6) is -0.0581. The van der Waals surface area contributed by atoms with Gasteiger partial charge >= 0.3 is 6.03 Å². The van der Waals surface area contributed by atoms with Crippen LogP contribution in [0.15, 0.2) is 35.3 Å². The number of rotatable bonds is 7. The third-order valence-electron chi connectivity index (χ3n) is 7.67. The molecule has 2 unspecified atom stereocenters. The van der Waals surface area contributed by atoms with E-state index in [1.54, 1.807) is 13.2 Å². The summed E-state index contributed by atoms with van der Waals surface area (Å²) in [5, 5.41) is 3.22. The third-order valence-corrected chi connectivity index (χ3v) is 7.67. The number of urea groups is 1. The van der Waals surface area contributed by atoms with Crippen molar-refractivity contribution in [3.05, 3.63) is 35.3 Å². The van der Waals surface area contributed by atoms with Gasteiger partial charge in [-0.3, -0.25) is 9.69 Å². The number of amides is 2. The van der Waals surface area contributed by atoms with Gasteiger partial charge in [0.15, 0.2) is 5.78 Å². The molecule has 0 bridgehead atoms. The number of nitrogens with zero attached hydrogens (tertiary/aromatic N) is 4. The number of Topliss-reactive ketones (excluding diaryl/α,β-unsaturated/α-hetero) is 1. The van der Waals surface area contributed by atoms with Gasteiger partial charge in [0.05, 0.1) is 12.1 Å². The van der Waals surface area contributed by atoms with Crippen molar-refractivity contribution in [2.75, 3.05) is 73.1 Å². The van der Waals surface area contributed by atoms with Gasteiger partial charge in [-0.15, -0.1) is 0 Å². The third kappa shape index (κ3) is 6.92. The Morgan fingerprint density at radius 3 is 2.43 bits per heavy atom. The molecule has 0 aromatic carbocycles. The monoisotopic (exact) mass is 489 g/mol. The number of allylic oxidation sites excluding steroid dienone is 4. The van der Waals surface area contributed by atoms with E-state index >= 15 is 0 Å². The van der Waals surface area contributed by atoms with Gasteiger partial charge in [0.2, 0.25) is 0 Å². The van der Waals surface area contributed by atoms with Crippen LogP contribution in [-0.4, -0.2) is 117 Å². The Bertz CT molecular complexity index is 857. The molecule has 0 saturated carbocycles. The van der Waals surface area contributed by atoms with E-state index in [1.807, 2.05) is 4.90 Å². The Hall–Kier alpha value is -2.23. The van der Waals surface area contributed by atoms with E-state index in [9.17, 15) is 14.0 Å². The molecule has 0 aromatic heterocycles. The average Bonchev–Trinajstić information content (AvgIpc) is 2.88. The summed E-state index contributed by atoms with van der Waals surface area (Å²) in [6.07, 6.45) is 8.35. The largest absolute Gasteiger partial charge is 0.375 e. The first kappa shape index (κ1) is 25.9. The van der Waals surface area contributed by atoms with Gasteiger partial charge in [0.1, 0.15) is 5.83 Å². The summed E-state index contributed by atoms with van der Waals surface area (Å²) in [5.41, 5.74) is 1.93. The summed E-state index contributed by atoms with van der Waals surface area (Å²) < 4.78 is 18.9. The molecular weight excluding hydrogens is 449 g/mol. The molecule has 2 aliphatic heterocycles. The summed E-state index contributed by atoms with van der Waals surface area (Å²) in [7, 11) is 3.92. The molecule has 2 atom stereocenters. The SMILES string of the molecule is COC1CCC(NC(=O)N2CCN(CCC(=O)C3=CC=C(F)CC3)CC2)C=C1N1CCN(C)CC1. The van der Waals surface area contributed by atoms with Crippen molar-refractivity contribution >= 4 is 11.8 Å². The van der Waals surface area contributed by atoms with Gasteiger partial charge in [0.25, 0.3) is 0 Å². The van der Waals surface area contributed by atoms with E-state index in [-0.39, 0.29) is 29.8 Å². The Kier molecular flexibility index (Phi) is 8.97. The van der Waals surface area contributed by atoms with Gasteiger partial charge in [-0.1, -0.05) is 6.08 Å². The topological polar surface area (TPSA) is 68.4 Å². The van der Waals surface area contributed by atoms with Crippen LogP contribution in [-0.2, 0) is 9.53 Å². The van der Waals surface area contributed by atoms with Crippen molar-refractivity contribution in [1.29, 1.82) is 0 Å². The van der Waals surface area contributed by atoms with Crippen LogP contribution in [0.4, 0.5) is 9.18 Å². The highest BCUT2D eigenvalue weighted by Gasteiger charge is 2.30.